The van der Waals surface area contributed by atoms with Gasteiger partial charge in [0.1, 0.15) is 0 Å². The Kier molecular flexibility index (Phi) is 4.93. The molecule has 1 N–H and O–H groups in total. The van der Waals surface area contributed by atoms with Crippen molar-refractivity contribution in [3.63, 3.8) is 0 Å². The number of hydrogen-bond donors (Lipinski definition) is 1. The first-order valence-corrected chi connectivity index (χ1v) is 6.84. The second kappa shape index (κ2) is 6.68. The Labute approximate surface area is 118 Å². The van der Waals surface area contributed by atoms with Crippen molar-refractivity contribution < 1.29 is 4.52 Å². The van der Waals surface area contributed by atoms with Gasteiger partial charge in [0.25, 0.3) is 0 Å². The lowest BCUT2D eigenvalue weighted by atomic mass is 10.1. The van der Waals surface area contributed by atoms with Gasteiger partial charge in [0, 0.05) is 23.9 Å². The first-order chi connectivity index (χ1) is 9.19. The van der Waals surface area contributed by atoms with E-state index >= 15 is 0 Å². The van der Waals surface area contributed by atoms with Crippen molar-refractivity contribution in [1.82, 2.24) is 15.5 Å². The van der Waals surface area contributed by atoms with Crippen LogP contribution in [0.1, 0.15) is 37.0 Å². The van der Waals surface area contributed by atoms with E-state index in [2.05, 4.69) is 29.3 Å². The third-order valence-electron chi connectivity index (χ3n) is 2.88. The number of rotatable bonds is 6. The molecule has 0 aliphatic carbocycles. The zero-order chi connectivity index (χ0) is 13.7. The number of hydrogen-bond acceptors (Lipinski definition) is 4. The summed E-state index contributed by atoms with van der Waals surface area (Å²) in [5.74, 6) is 1.62. The minimum atomic E-state index is 0.228. The van der Waals surface area contributed by atoms with E-state index in [1.165, 1.54) is 0 Å². The first kappa shape index (κ1) is 14.0. The molecular formula is C14H18ClN3O. The number of nitrogens with zero attached hydrogens (tertiary/aromatic N) is 2. The van der Waals surface area contributed by atoms with Crippen LogP contribution >= 0.6 is 11.6 Å². The van der Waals surface area contributed by atoms with Crippen LogP contribution in [0, 0.1) is 0 Å². The van der Waals surface area contributed by atoms with E-state index in [4.69, 9.17) is 16.1 Å². The second-order valence-electron chi connectivity index (χ2n) is 4.56. The average molecular weight is 280 g/mol. The highest BCUT2D eigenvalue weighted by molar-refractivity contribution is 6.30. The van der Waals surface area contributed by atoms with Gasteiger partial charge in [0.05, 0.1) is 0 Å². The summed E-state index contributed by atoms with van der Waals surface area (Å²) >= 11 is 5.85. The third-order valence-corrected chi connectivity index (χ3v) is 3.13. The van der Waals surface area contributed by atoms with Crippen molar-refractivity contribution in [2.45, 2.75) is 26.2 Å². The smallest absolute Gasteiger partial charge is 0.230 e. The van der Waals surface area contributed by atoms with Crippen molar-refractivity contribution in [2.75, 3.05) is 13.1 Å². The molecule has 19 heavy (non-hydrogen) atoms. The fraction of sp³-hybridized carbons (Fsp3) is 0.429. The number of benzene rings is 1. The third kappa shape index (κ3) is 4.04. The normalized spacial score (nSPS) is 12.6. The van der Waals surface area contributed by atoms with E-state index in [-0.39, 0.29) is 5.92 Å². The molecule has 1 aromatic carbocycles. The number of halogens is 1. The van der Waals surface area contributed by atoms with Gasteiger partial charge in [0.2, 0.25) is 5.89 Å². The lowest BCUT2D eigenvalue weighted by Crippen LogP contribution is -2.19. The Morgan fingerprint density at radius 1 is 1.32 bits per heavy atom. The summed E-state index contributed by atoms with van der Waals surface area (Å²) in [7, 11) is 0. The van der Waals surface area contributed by atoms with Gasteiger partial charge in [-0.05, 0) is 24.2 Å². The molecule has 5 heteroatoms. The predicted molar refractivity (Wildman–Crippen MR) is 75.5 cm³/mol. The largest absolute Gasteiger partial charge is 0.339 e. The first-order valence-electron chi connectivity index (χ1n) is 6.46. The Balaban J connectivity index is 1.98. The zero-order valence-electron chi connectivity index (χ0n) is 11.2. The molecule has 0 spiro atoms. The SMILES string of the molecule is CCNCC(C)c1nc(Cc2ccc(Cl)cc2)no1. The summed E-state index contributed by atoms with van der Waals surface area (Å²) < 4.78 is 5.29. The van der Waals surface area contributed by atoms with E-state index in [1.807, 2.05) is 24.3 Å². The molecule has 0 saturated heterocycles. The fourth-order valence-corrected chi connectivity index (χ4v) is 1.90. The quantitative estimate of drug-likeness (QED) is 0.883. The molecule has 4 nitrogen and oxygen atoms in total. The number of nitrogens with one attached hydrogen (secondary N) is 1. The van der Waals surface area contributed by atoms with E-state index in [9.17, 15) is 0 Å². The maximum atomic E-state index is 5.85. The van der Waals surface area contributed by atoms with Gasteiger partial charge in [-0.1, -0.05) is 42.7 Å². The topological polar surface area (TPSA) is 51.0 Å². The van der Waals surface area contributed by atoms with Gasteiger partial charge in [-0.25, -0.2) is 0 Å². The van der Waals surface area contributed by atoms with Crippen LogP contribution < -0.4 is 5.32 Å². The van der Waals surface area contributed by atoms with Gasteiger partial charge in [-0.3, -0.25) is 0 Å². The van der Waals surface area contributed by atoms with Gasteiger partial charge in [-0.2, -0.15) is 4.98 Å². The van der Waals surface area contributed by atoms with Gasteiger partial charge in [-0.15, -0.1) is 0 Å². The molecule has 2 aromatic rings. The van der Waals surface area contributed by atoms with E-state index in [1.54, 1.807) is 0 Å². The lowest BCUT2D eigenvalue weighted by molar-refractivity contribution is 0.352. The Hall–Kier alpha value is -1.39. The molecule has 1 aromatic heterocycles. The molecule has 0 aliphatic rings. The molecule has 2 rings (SSSR count). The van der Waals surface area contributed by atoms with Gasteiger partial charge in [0.15, 0.2) is 5.82 Å². The van der Waals surface area contributed by atoms with E-state index < -0.39 is 0 Å². The van der Waals surface area contributed by atoms with Crippen LogP contribution in [0.15, 0.2) is 28.8 Å². The highest BCUT2D eigenvalue weighted by Crippen LogP contribution is 2.15. The van der Waals surface area contributed by atoms with Gasteiger partial charge >= 0.3 is 0 Å². The Morgan fingerprint density at radius 2 is 2.05 bits per heavy atom. The summed E-state index contributed by atoms with van der Waals surface area (Å²) in [5, 5.41) is 8.02. The Morgan fingerprint density at radius 3 is 2.74 bits per heavy atom. The average Bonchev–Trinajstić information content (AvgIpc) is 2.87. The molecule has 0 saturated carbocycles. The fourth-order valence-electron chi connectivity index (χ4n) is 1.77. The lowest BCUT2D eigenvalue weighted by Gasteiger charge is -2.05. The van der Waals surface area contributed by atoms with Crippen LogP contribution in [0.4, 0.5) is 0 Å². The number of aromatic nitrogens is 2. The van der Waals surface area contributed by atoms with Crippen molar-refractivity contribution in [2.24, 2.45) is 0 Å². The van der Waals surface area contributed by atoms with Crippen LogP contribution in [0.3, 0.4) is 0 Å². The van der Waals surface area contributed by atoms with E-state index in [0.717, 1.165) is 23.7 Å². The molecule has 102 valence electrons. The Bertz CT molecular complexity index is 510. The van der Waals surface area contributed by atoms with Crippen molar-refractivity contribution in [3.05, 3.63) is 46.6 Å². The number of likely N-dealkylation sites (N-methyl/N-ethyl adjacent to an activating group) is 1. The maximum Gasteiger partial charge on any atom is 0.230 e. The minimum Gasteiger partial charge on any atom is -0.339 e. The zero-order valence-corrected chi connectivity index (χ0v) is 11.9. The van der Waals surface area contributed by atoms with E-state index in [0.29, 0.717) is 18.1 Å². The molecule has 0 aliphatic heterocycles. The van der Waals surface area contributed by atoms with Crippen molar-refractivity contribution >= 4 is 11.6 Å². The molecule has 1 atom stereocenters. The molecule has 0 bridgehead atoms. The molecule has 0 fully saturated rings. The summed E-state index contributed by atoms with van der Waals surface area (Å²) in [6.07, 6.45) is 0.661. The van der Waals surface area contributed by atoms with Crippen LogP contribution in [-0.2, 0) is 6.42 Å². The van der Waals surface area contributed by atoms with Crippen LogP contribution in [0.2, 0.25) is 5.02 Å². The molecule has 0 radical (unpaired) electrons. The monoisotopic (exact) mass is 279 g/mol. The summed E-state index contributed by atoms with van der Waals surface area (Å²) in [6, 6.07) is 7.68. The minimum absolute atomic E-state index is 0.228. The van der Waals surface area contributed by atoms with Crippen molar-refractivity contribution in [3.8, 4) is 0 Å². The summed E-state index contributed by atoms with van der Waals surface area (Å²) in [5.41, 5.74) is 1.12. The highest BCUT2D eigenvalue weighted by Gasteiger charge is 2.13. The van der Waals surface area contributed by atoms with Crippen LogP contribution in [-0.4, -0.2) is 23.2 Å². The predicted octanol–water partition coefficient (Wildman–Crippen LogP) is 3.03. The van der Waals surface area contributed by atoms with Crippen molar-refractivity contribution in [1.29, 1.82) is 0 Å². The molecule has 1 unspecified atom stereocenters. The highest BCUT2D eigenvalue weighted by atomic mass is 35.5. The molecule has 1 heterocycles. The standard InChI is InChI=1S/C14H18ClN3O/c1-3-16-9-10(2)14-17-13(18-19-14)8-11-4-6-12(15)7-5-11/h4-7,10,16H,3,8-9H2,1-2H3. The molecular weight excluding hydrogens is 262 g/mol. The summed E-state index contributed by atoms with van der Waals surface area (Å²) in [6.45, 7) is 5.93. The second-order valence-corrected chi connectivity index (χ2v) is 5.00. The maximum absolute atomic E-state index is 5.85. The van der Waals surface area contributed by atoms with Gasteiger partial charge < -0.3 is 9.84 Å². The van der Waals surface area contributed by atoms with Crippen LogP contribution in [0.25, 0.3) is 0 Å². The summed E-state index contributed by atoms with van der Waals surface area (Å²) in [4.78, 5) is 4.43. The molecule has 0 amide bonds. The van der Waals surface area contributed by atoms with Crippen LogP contribution in [0.5, 0.6) is 0 Å².